The maximum absolute atomic E-state index is 12.9. The van der Waals surface area contributed by atoms with E-state index in [-0.39, 0.29) is 23.8 Å². The quantitative estimate of drug-likeness (QED) is 0.871. The second-order valence-corrected chi connectivity index (χ2v) is 6.72. The fraction of sp³-hybridized carbons (Fsp3) is 0.571. The molecule has 0 unspecified atom stereocenters. The number of hydrogen-bond acceptors (Lipinski definition) is 2. The third-order valence-electron chi connectivity index (χ3n) is 3.45. The number of pyridine rings is 1. The van der Waals surface area contributed by atoms with Crippen LogP contribution in [0.1, 0.15) is 45.2 Å². The standard InChI is InChI=1S/C14H17ClF2N2O2/c1-13(2,3)19(12(20)21)9-4-10(15)11(18-7-9)8-5-14(16,17)6-8/h4,7-8H,5-6H2,1-3H3,(H,20,21). The molecule has 1 fully saturated rings. The number of alkyl halides is 2. The van der Waals surface area contributed by atoms with Crippen LogP contribution < -0.4 is 4.90 Å². The van der Waals surface area contributed by atoms with E-state index in [9.17, 15) is 18.7 Å². The van der Waals surface area contributed by atoms with Gasteiger partial charge in [0.15, 0.2) is 0 Å². The number of rotatable bonds is 2. The summed E-state index contributed by atoms with van der Waals surface area (Å²) >= 11 is 6.10. The van der Waals surface area contributed by atoms with E-state index < -0.39 is 17.6 Å². The van der Waals surface area contributed by atoms with Crippen molar-refractivity contribution < 1.29 is 18.7 Å². The van der Waals surface area contributed by atoms with Crippen molar-refractivity contribution >= 4 is 23.4 Å². The summed E-state index contributed by atoms with van der Waals surface area (Å²) in [5, 5.41) is 9.54. The average molecular weight is 319 g/mol. The van der Waals surface area contributed by atoms with Crippen molar-refractivity contribution in [3.05, 3.63) is 23.0 Å². The molecule has 0 spiro atoms. The maximum Gasteiger partial charge on any atom is 0.412 e. The lowest BCUT2D eigenvalue weighted by Gasteiger charge is -2.36. The second kappa shape index (κ2) is 5.09. The van der Waals surface area contributed by atoms with Gasteiger partial charge in [0.2, 0.25) is 5.92 Å². The molecule has 4 nitrogen and oxygen atoms in total. The minimum Gasteiger partial charge on any atom is -0.465 e. The molecule has 2 rings (SSSR count). The van der Waals surface area contributed by atoms with Crippen LogP contribution in [0.15, 0.2) is 12.3 Å². The van der Waals surface area contributed by atoms with E-state index in [0.717, 1.165) is 4.90 Å². The zero-order valence-electron chi connectivity index (χ0n) is 12.0. The highest BCUT2D eigenvalue weighted by Crippen LogP contribution is 2.49. The zero-order valence-corrected chi connectivity index (χ0v) is 12.8. The summed E-state index contributed by atoms with van der Waals surface area (Å²) < 4.78 is 25.8. The van der Waals surface area contributed by atoms with Gasteiger partial charge < -0.3 is 5.11 Å². The van der Waals surface area contributed by atoms with Crippen molar-refractivity contribution in [2.75, 3.05) is 4.90 Å². The summed E-state index contributed by atoms with van der Waals surface area (Å²) in [5.41, 5.74) is 0.0717. The SMILES string of the molecule is CC(C)(C)N(C(=O)O)c1cnc(C2CC(F)(F)C2)c(Cl)c1. The number of halogens is 3. The first-order chi connectivity index (χ1) is 9.51. The van der Waals surface area contributed by atoms with Gasteiger partial charge in [-0.1, -0.05) is 11.6 Å². The molecule has 0 saturated heterocycles. The maximum atomic E-state index is 12.9. The van der Waals surface area contributed by atoms with E-state index in [1.165, 1.54) is 12.3 Å². The van der Waals surface area contributed by atoms with Crippen LogP contribution in [-0.2, 0) is 0 Å². The van der Waals surface area contributed by atoms with Crippen LogP contribution in [0.5, 0.6) is 0 Å². The summed E-state index contributed by atoms with van der Waals surface area (Å²) in [6.07, 6.45) is -0.276. The smallest absolute Gasteiger partial charge is 0.412 e. The predicted molar refractivity (Wildman–Crippen MR) is 76.4 cm³/mol. The summed E-state index contributed by atoms with van der Waals surface area (Å²) in [5.74, 6) is -3.01. The number of hydrogen-bond donors (Lipinski definition) is 1. The molecule has 1 aromatic heterocycles. The first kappa shape index (κ1) is 15.9. The lowest BCUT2D eigenvalue weighted by Crippen LogP contribution is -2.45. The molecular formula is C14H17ClF2N2O2. The highest BCUT2D eigenvalue weighted by molar-refractivity contribution is 6.31. The molecule has 1 N–H and O–H groups in total. The molecule has 0 radical (unpaired) electrons. The molecule has 0 aliphatic heterocycles. The fourth-order valence-electron chi connectivity index (χ4n) is 2.50. The minimum atomic E-state index is -2.65. The van der Waals surface area contributed by atoms with Gasteiger partial charge in [-0.3, -0.25) is 9.88 Å². The van der Waals surface area contributed by atoms with Crippen LogP contribution in [0.2, 0.25) is 5.02 Å². The molecule has 116 valence electrons. The Labute approximate surface area is 126 Å². The van der Waals surface area contributed by atoms with Crippen LogP contribution in [0.25, 0.3) is 0 Å². The largest absolute Gasteiger partial charge is 0.465 e. The van der Waals surface area contributed by atoms with Crippen LogP contribution >= 0.6 is 11.6 Å². The summed E-state index contributed by atoms with van der Waals surface area (Å²) in [7, 11) is 0. The van der Waals surface area contributed by atoms with E-state index in [2.05, 4.69) is 4.98 Å². The van der Waals surface area contributed by atoms with Crippen molar-refractivity contribution in [3.63, 3.8) is 0 Å². The van der Waals surface area contributed by atoms with Crippen LogP contribution in [0.3, 0.4) is 0 Å². The first-order valence-corrected chi connectivity index (χ1v) is 6.95. The third-order valence-corrected chi connectivity index (χ3v) is 3.76. The molecule has 7 heteroatoms. The van der Waals surface area contributed by atoms with Crippen molar-refractivity contribution in [1.29, 1.82) is 0 Å². The van der Waals surface area contributed by atoms with E-state index in [0.29, 0.717) is 11.4 Å². The van der Waals surface area contributed by atoms with Gasteiger partial charge >= 0.3 is 6.09 Å². The first-order valence-electron chi connectivity index (χ1n) is 6.58. The fourth-order valence-corrected chi connectivity index (χ4v) is 2.82. The number of carbonyl (C=O) groups is 1. The lowest BCUT2D eigenvalue weighted by atomic mass is 9.79. The minimum absolute atomic E-state index is 0.225. The molecule has 0 aromatic carbocycles. The van der Waals surface area contributed by atoms with E-state index in [1.807, 2.05) is 0 Å². The molecule has 1 saturated carbocycles. The van der Waals surface area contributed by atoms with Gasteiger partial charge in [-0.2, -0.15) is 0 Å². The predicted octanol–water partition coefficient (Wildman–Crippen LogP) is 4.53. The van der Waals surface area contributed by atoms with Crippen LogP contribution in [0, 0.1) is 0 Å². The van der Waals surface area contributed by atoms with Crippen molar-refractivity contribution in [3.8, 4) is 0 Å². The molecule has 1 aliphatic carbocycles. The summed E-state index contributed by atoms with van der Waals surface area (Å²) in [6, 6.07) is 1.47. The number of aromatic nitrogens is 1. The molecule has 21 heavy (non-hydrogen) atoms. The van der Waals surface area contributed by atoms with Gasteiger partial charge in [0.25, 0.3) is 0 Å². The third kappa shape index (κ3) is 3.26. The Balaban J connectivity index is 2.29. The van der Waals surface area contributed by atoms with Crippen molar-refractivity contribution in [2.45, 2.75) is 51.0 Å². The highest BCUT2D eigenvalue weighted by Gasteiger charge is 2.47. The molecule has 1 aromatic rings. The van der Waals surface area contributed by atoms with E-state index in [4.69, 9.17) is 11.6 Å². The molecule has 1 aliphatic rings. The van der Waals surface area contributed by atoms with Crippen molar-refractivity contribution in [1.82, 2.24) is 4.98 Å². The summed E-state index contributed by atoms with van der Waals surface area (Å²) in [6.45, 7) is 5.24. The van der Waals surface area contributed by atoms with Crippen LogP contribution in [-0.4, -0.2) is 27.6 Å². The Kier molecular flexibility index (Phi) is 3.86. The monoisotopic (exact) mass is 318 g/mol. The lowest BCUT2D eigenvalue weighted by molar-refractivity contribution is -0.0875. The Hall–Kier alpha value is -1.43. The summed E-state index contributed by atoms with van der Waals surface area (Å²) in [4.78, 5) is 16.6. The second-order valence-electron chi connectivity index (χ2n) is 6.31. The van der Waals surface area contributed by atoms with E-state index >= 15 is 0 Å². The molecule has 1 heterocycles. The van der Waals surface area contributed by atoms with E-state index in [1.54, 1.807) is 20.8 Å². The topological polar surface area (TPSA) is 53.4 Å². The number of nitrogens with zero attached hydrogens (tertiary/aromatic N) is 2. The van der Waals surface area contributed by atoms with Gasteiger partial charge in [0, 0.05) is 24.3 Å². The number of carboxylic acid groups (broad SMARTS) is 1. The highest BCUT2D eigenvalue weighted by atomic mass is 35.5. The Morgan fingerprint density at radius 1 is 1.48 bits per heavy atom. The molecule has 0 atom stereocenters. The van der Waals surface area contributed by atoms with Gasteiger partial charge in [-0.15, -0.1) is 0 Å². The Morgan fingerprint density at radius 2 is 2.05 bits per heavy atom. The normalized spacial score (nSPS) is 18.2. The van der Waals surface area contributed by atoms with Gasteiger partial charge in [0.1, 0.15) is 0 Å². The zero-order chi connectivity index (χ0) is 16.0. The van der Waals surface area contributed by atoms with Crippen molar-refractivity contribution in [2.24, 2.45) is 0 Å². The van der Waals surface area contributed by atoms with Gasteiger partial charge in [0.05, 0.1) is 22.6 Å². The van der Waals surface area contributed by atoms with Crippen LogP contribution in [0.4, 0.5) is 19.3 Å². The Morgan fingerprint density at radius 3 is 2.43 bits per heavy atom. The number of anilines is 1. The molecule has 0 bridgehead atoms. The molecule has 1 amide bonds. The van der Waals surface area contributed by atoms with Gasteiger partial charge in [-0.05, 0) is 26.8 Å². The average Bonchev–Trinajstić information content (AvgIpc) is 2.23. The van der Waals surface area contributed by atoms with Gasteiger partial charge in [-0.25, -0.2) is 13.6 Å². The molecular weight excluding hydrogens is 302 g/mol. The number of amides is 1. The Bertz CT molecular complexity index is 565.